The summed E-state index contributed by atoms with van der Waals surface area (Å²) >= 11 is 0. The molecule has 0 bridgehead atoms. The van der Waals surface area contributed by atoms with E-state index in [0.717, 1.165) is 25.7 Å². The van der Waals surface area contributed by atoms with Gasteiger partial charge in [-0.25, -0.2) is 0 Å². The smallest absolute Gasteiger partial charge is 0.303 e. The van der Waals surface area contributed by atoms with Crippen LogP contribution in [0, 0.1) is 52.3 Å². The Balaban J connectivity index is 1.61. The van der Waals surface area contributed by atoms with E-state index in [0.29, 0.717) is 31.6 Å². The number of rotatable bonds is 9. The van der Waals surface area contributed by atoms with Crippen molar-refractivity contribution < 1.29 is 42.9 Å². The molecule has 4 saturated carbocycles. The van der Waals surface area contributed by atoms with Gasteiger partial charge < -0.3 is 18.9 Å². The lowest BCUT2D eigenvalue weighted by molar-refractivity contribution is -0.196. The van der Waals surface area contributed by atoms with Gasteiger partial charge in [0.15, 0.2) is 0 Å². The van der Waals surface area contributed by atoms with Crippen molar-refractivity contribution >= 4 is 29.7 Å². The number of fused-ring (bicyclic) bond motifs is 5. The lowest BCUT2D eigenvalue weighted by Gasteiger charge is -2.61. The van der Waals surface area contributed by atoms with E-state index in [1.54, 1.807) is 0 Å². The van der Waals surface area contributed by atoms with Crippen molar-refractivity contribution in [3.05, 3.63) is 0 Å². The molecule has 0 aliphatic heterocycles. The molecule has 4 rings (SSSR count). The molecule has 0 heterocycles. The number of hydrogen-bond acceptors (Lipinski definition) is 9. The zero-order chi connectivity index (χ0) is 32.7. The van der Waals surface area contributed by atoms with E-state index in [2.05, 4.69) is 34.6 Å². The highest BCUT2D eigenvalue weighted by Gasteiger charge is 2.64. The maximum Gasteiger partial charge on any atom is 0.303 e. The monoisotopic (exact) mass is 618 g/mol. The van der Waals surface area contributed by atoms with E-state index >= 15 is 0 Å². The minimum absolute atomic E-state index is 0.0382. The molecule has 0 saturated heterocycles. The Labute approximate surface area is 262 Å². The summed E-state index contributed by atoms with van der Waals surface area (Å²) in [4.78, 5) is 62.3. The van der Waals surface area contributed by atoms with Crippen molar-refractivity contribution in [1.82, 2.24) is 0 Å². The fraction of sp³-hybridized carbons (Fsp3) is 0.857. The summed E-state index contributed by atoms with van der Waals surface area (Å²) in [5.41, 5.74) is -0.426. The number of hydrogen-bond donors (Lipinski definition) is 0. The van der Waals surface area contributed by atoms with Gasteiger partial charge in [-0.15, -0.1) is 0 Å². The molecule has 4 aliphatic carbocycles. The van der Waals surface area contributed by atoms with Crippen molar-refractivity contribution in [2.24, 2.45) is 52.3 Å². The van der Waals surface area contributed by atoms with Crippen LogP contribution < -0.4 is 0 Å². The molecule has 0 radical (unpaired) electrons. The van der Waals surface area contributed by atoms with Crippen molar-refractivity contribution in [2.45, 2.75) is 138 Å². The second kappa shape index (κ2) is 13.1. The standard InChI is InChI=1S/C35H54O9/c1-18(2)14-31(42-21(5)37)33(44-23(7)39)19(3)25-10-11-26-24-15-29(40)28-16-30(41-20(4)36)32(43-22(6)38)17-35(28,9)27(24)12-13-34(25,26)8/h18-19,24-28,30-33H,10-17H2,1-9H3/t19-,24-,25+,26-,27-,28+,30-,31+,32+,33+,34+,35+/m0/s1. The molecule has 9 nitrogen and oxygen atoms in total. The SMILES string of the molecule is CC(=O)O[C@H]([C@@H](C)[C@H]1CC[C@H]2[C@@H]3CC(=O)[C@H]4C[C@H](OC(C)=O)[C@H](OC(C)=O)C[C@]4(C)[C@H]3CC[C@]12C)[C@@H](CC(C)C)OC(C)=O. The van der Waals surface area contributed by atoms with Crippen LogP contribution in [0.25, 0.3) is 0 Å². The van der Waals surface area contributed by atoms with Gasteiger partial charge in [0.25, 0.3) is 0 Å². The second-order valence-corrected chi connectivity index (χ2v) is 15.3. The van der Waals surface area contributed by atoms with Gasteiger partial charge in [0.05, 0.1) is 0 Å². The Morgan fingerprint density at radius 1 is 0.795 bits per heavy atom. The van der Waals surface area contributed by atoms with Gasteiger partial charge in [-0.2, -0.15) is 0 Å². The molecule has 0 spiro atoms. The average molecular weight is 619 g/mol. The molecule has 0 unspecified atom stereocenters. The van der Waals surface area contributed by atoms with E-state index < -0.39 is 36.4 Å². The Bertz CT molecular complexity index is 1130. The summed E-state index contributed by atoms with van der Waals surface area (Å²) < 4.78 is 23.1. The lowest BCUT2D eigenvalue weighted by Crippen LogP contribution is -2.60. The van der Waals surface area contributed by atoms with Crippen molar-refractivity contribution in [3.8, 4) is 0 Å². The third kappa shape index (κ3) is 6.72. The molecule has 44 heavy (non-hydrogen) atoms. The molecular weight excluding hydrogens is 564 g/mol. The molecule has 0 amide bonds. The predicted molar refractivity (Wildman–Crippen MR) is 162 cm³/mol. The van der Waals surface area contributed by atoms with Gasteiger partial charge in [-0.05, 0) is 85.4 Å². The minimum atomic E-state index is -0.616. The topological polar surface area (TPSA) is 122 Å². The lowest BCUT2D eigenvalue weighted by atomic mass is 9.43. The fourth-order valence-corrected chi connectivity index (χ4v) is 10.5. The van der Waals surface area contributed by atoms with Crippen molar-refractivity contribution in [1.29, 1.82) is 0 Å². The maximum atomic E-state index is 13.9. The van der Waals surface area contributed by atoms with Crippen molar-refractivity contribution in [3.63, 3.8) is 0 Å². The Morgan fingerprint density at radius 3 is 1.95 bits per heavy atom. The summed E-state index contributed by atoms with van der Waals surface area (Å²) in [7, 11) is 0. The first-order valence-corrected chi connectivity index (χ1v) is 16.7. The first kappa shape index (κ1) is 34.4. The summed E-state index contributed by atoms with van der Waals surface area (Å²) in [6, 6.07) is 0. The van der Waals surface area contributed by atoms with Crippen LogP contribution in [-0.4, -0.2) is 54.1 Å². The van der Waals surface area contributed by atoms with Gasteiger partial charge in [0.2, 0.25) is 0 Å². The Hall–Kier alpha value is -2.45. The third-order valence-electron chi connectivity index (χ3n) is 12.0. The minimum Gasteiger partial charge on any atom is -0.459 e. The van der Waals surface area contributed by atoms with E-state index in [9.17, 15) is 24.0 Å². The van der Waals surface area contributed by atoms with Gasteiger partial charge in [-0.3, -0.25) is 24.0 Å². The summed E-state index contributed by atoms with van der Waals surface area (Å²) in [5.74, 6) is -0.374. The number of carbonyl (C=O) groups excluding carboxylic acids is 5. The van der Waals surface area contributed by atoms with Gasteiger partial charge in [0, 0.05) is 46.0 Å². The van der Waals surface area contributed by atoms with Crippen molar-refractivity contribution in [2.75, 3.05) is 0 Å². The quantitative estimate of drug-likeness (QED) is 0.232. The first-order chi connectivity index (χ1) is 20.5. The number of esters is 4. The Kier molecular flexibility index (Phi) is 10.3. The summed E-state index contributed by atoms with van der Waals surface area (Å²) in [6.07, 6.45) is 3.60. The van der Waals surface area contributed by atoms with Crippen LogP contribution in [0.2, 0.25) is 0 Å². The Morgan fingerprint density at radius 2 is 1.39 bits per heavy atom. The van der Waals surface area contributed by atoms with E-state index in [4.69, 9.17) is 18.9 Å². The fourth-order valence-electron chi connectivity index (χ4n) is 10.5. The predicted octanol–water partition coefficient (Wildman–Crippen LogP) is 5.84. The highest BCUT2D eigenvalue weighted by atomic mass is 16.6. The number of carbonyl (C=O) groups is 5. The second-order valence-electron chi connectivity index (χ2n) is 15.3. The van der Waals surface area contributed by atoms with Crippen LogP contribution in [-0.2, 0) is 42.9 Å². The van der Waals surface area contributed by atoms with Crippen LogP contribution in [0.5, 0.6) is 0 Å². The molecule has 4 aliphatic rings. The van der Waals surface area contributed by atoms with Crippen LogP contribution in [0.4, 0.5) is 0 Å². The highest BCUT2D eigenvalue weighted by molar-refractivity contribution is 5.83. The molecule has 12 atom stereocenters. The van der Waals surface area contributed by atoms with E-state index in [1.807, 2.05) is 0 Å². The van der Waals surface area contributed by atoms with Gasteiger partial charge >= 0.3 is 23.9 Å². The maximum absolute atomic E-state index is 13.9. The van der Waals surface area contributed by atoms with Crippen LogP contribution in [0.15, 0.2) is 0 Å². The normalized spacial score (nSPS) is 38.3. The molecule has 248 valence electrons. The summed E-state index contributed by atoms with van der Waals surface area (Å²) in [5, 5.41) is 0. The molecule has 4 fully saturated rings. The molecule has 0 aromatic rings. The molecule has 0 aromatic heterocycles. The number of Topliss-reactive ketones (excluding diaryl/α,β-unsaturated/α-hetero) is 1. The highest BCUT2D eigenvalue weighted by Crippen LogP contribution is 2.68. The zero-order valence-electron chi connectivity index (χ0n) is 28.2. The van der Waals surface area contributed by atoms with E-state index in [1.165, 1.54) is 27.7 Å². The summed E-state index contributed by atoms with van der Waals surface area (Å²) in [6.45, 7) is 16.4. The van der Waals surface area contributed by atoms with Gasteiger partial charge in [0.1, 0.15) is 30.2 Å². The molecular formula is C35H54O9. The van der Waals surface area contributed by atoms with Crippen LogP contribution >= 0.6 is 0 Å². The first-order valence-electron chi connectivity index (χ1n) is 16.7. The molecule has 9 heteroatoms. The number of ketones is 1. The van der Waals surface area contributed by atoms with Crippen LogP contribution in [0.1, 0.15) is 114 Å². The molecule has 0 aromatic carbocycles. The third-order valence-corrected chi connectivity index (χ3v) is 12.0. The zero-order valence-corrected chi connectivity index (χ0v) is 28.2. The van der Waals surface area contributed by atoms with Gasteiger partial charge in [-0.1, -0.05) is 34.6 Å². The number of ether oxygens (including phenoxy) is 4. The van der Waals surface area contributed by atoms with Crippen LogP contribution in [0.3, 0.4) is 0 Å². The van der Waals surface area contributed by atoms with E-state index in [-0.39, 0.29) is 64.1 Å². The largest absolute Gasteiger partial charge is 0.459 e. The molecule has 0 N–H and O–H groups in total. The average Bonchev–Trinajstić information content (AvgIpc) is 3.23.